The van der Waals surface area contributed by atoms with Gasteiger partial charge in [-0.25, -0.2) is 4.98 Å². The van der Waals surface area contributed by atoms with Crippen LogP contribution in [0.3, 0.4) is 0 Å². The smallest absolute Gasteiger partial charge is 0.304 e. The van der Waals surface area contributed by atoms with E-state index in [0.29, 0.717) is 24.6 Å². The number of hydrogen-bond donors (Lipinski definition) is 3. The molecule has 0 saturated heterocycles. The van der Waals surface area contributed by atoms with Gasteiger partial charge in [-0.15, -0.1) is 0 Å². The fraction of sp³-hybridized carbons (Fsp3) is 0.300. The monoisotopic (exact) mass is 252 g/mol. The minimum Gasteiger partial charge on any atom is -0.364 e. The molecule has 0 aromatic carbocycles. The second kappa shape index (κ2) is 4.96. The topological polar surface area (TPSA) is 90.6 Å². The van der Waals surface area contributed by atoms with Gasteiger partial charge in [-0.2, -0.15) is 0 Å². The first-order valence-corrected chi connectivity index (χ1v) is 6.06. The van der Waals surface area contributed by atoms with Gasteiger partial charge in [-0.3, -0.25) is 9.59 Å². The van der Waals surface area contributed by atoms with E-state index in [9.17, 15) is 9.59 Å². The number of aryl methyl sites for hydroxylation is 1. The number of thiazole rings is 1. The average molecular weight is 252 g/mol. The van der Waals surface area contributed by atoms with Crippen molar-refractivity contribution in [1.82, 2.24) is 15.0 Å². The number of anilines is 1. The summed E-state index contributed by atoms with van der Waals surface area (Å²) in [6, 6.07) is 1.39. The van der Waals surface area contributed by atoms with Crippen molar-refractivity contribution in [3.63, 3.8) is 0 Å². The summed E-state index contributed by atoms with van der Waals surface area (Å²) in [5, 5.41) is 4.73. The number of H-pyrrole nitrogens is 2. The first kappa shape index (κ1) is 11.6. The third-order valence-electron chi connectivity index (χ3n) is 2.16. The Morgan fingerprint density at radius 1 is 1.41 bits per heavy atom. The fourth-order valence-corrected chi connectivity index (χ4v) is 1.93. The van der Waals surface area contributed by atoms with Crippen LogP contribution in [0.1, 0.15) is 18.4 Å². The number of hydrogen-bond acceptors (Lipinski definition) is 5. The quantitative estimate of drug-likeness (QED) is 0.747. The van der Waals surface area contributed by atoms with Gasteiger partial charge in [0.05, 0.1) is 6.54 Å². The maximum Gasteiger partial charge on any atom is 0.304 e. The third kappa shape index (κ3) is 3.04. The Balaban J connectivity index is 2.11. The van der Waals surface area contributed by atoms with Gasteiger partial charge in [0, 0.05) is 23.6 Å². The third-order valence-corrected chi connectivity index (χ3v) is 2.87. The Hall–Kier alpha value is -1.89. The molecule has 0 aliphatic carbocycles. The van der Waals surface area contributed by atoms with Gasteiger partial charge in [0.1, 0.15) is 11.6 Å². The van der Waals surface area contributed by atoms with E-state index in [-0.39, 0.29) is 10.4 Å². The summed E-state index contributed by atoms with van der Waals surface area (Å²) < 4.78 is 0. The highest BCUT2D eigenvalue weighted by molar-refractivity contribution is 7.07. The predicted octanol–water partition coefficient (Wildman–Crippen LogP) is 0.694. The van der Waals surface area contributed by atoms with Gasteiger partial charge in [0.2, 0.25) is 0 Å². The average Bonchev–Trinajstić information content (AvgIpc) is 2.72. The molecule has 0 saturated carbocycles. The van der Waals surface area contributed by atoms with Gasteiger partial charge in [-0.1, -0.05) is 18.3 Å². The van der Waals surface area contributed by atoms with Crippen molar-refractivity contribution in [2.24, 2.45) is 0 Å². The van der Waals surface area contributed by atoms with Gasteiger partial charge in [0.15, 0.2) is 0 Å². The lowest BCUT2D eigenvalue weighted by atomic mass is 10.4. The van der Waals surface area contributed by atoms with Crippen LogP contribution >= 0.6 is 11.3 Å². The molecule has 0 radical (unpaired) electrons. The Labute approximate surface area is 101 Å². The van der Waals surface area contributed by atoms with Crippen LogP contribution < -0.4 is 15.7 Å². The maximum absolute atomic E-state index is 11.3. The van der Waals surface area contributed by atoms with E-state index in [2.05, 4.69) is 20.3 Å². The first-order chi connectivity index (χ1) is 8.17. The standard InChI is InChI=1S/C10H12N4O2S/c1-2-7-13-8(3-9(15)14-7)11-4-6-5-17-10(16)12-6/h3,5H,2,4H2,1H3,(H,12,16)(H2,11,13,14,15). The SMILES string of the molecule is CCc1nc(NCc2csc(=O)[nH]2)cc(=O)[nH]1. The van der Waals surface area contributed by atoms with E-state index in [0.717, 1.165) is 17.0 Å². The molecule has 17 heavy (non-hydrogen) atoms. The molecule has 0 aliphatic heterocycles. The van der Waals surface area contributed by atoms with Gasteiger partial charge in [-0.05, 0) is 0 Å². The Morgan fingerprint density at radius 2 is 2.24 bits per heavy atom. The molecule has 2 rings (SSSR count). The number of nitrogens with one attached hydrogen (secondary N) is 3. The zero-order valence-electron chi connectivity index (χ0n) is 9.24. The summed E-state index contributed by atoms with van der Waals surface area (Å²) in [7, 11) is 0. The summed E-state index contributed by atoms with van der Waals surface area (Å²) in [6.07, 6.45) is 0.667. The molecule has 0 aliphatic rings. The van der Waals surface area contributed by atoms with Crippen LogP contribution in [0.5, 0.6) is 0 Å². The molecular weight excluding hydrogens is 240 g/mol. The predicted molar refractivity (Wildman–Crippen MR) is 66.5 cm³/mol. The molecule has 6 nitrogen and oxygen atoms in total. The van der Waals surface area contributed by atoms with Crippen molar-refractivity contribution in [2.75, 3.05) is 5.32 Å². The van der Waals surface area contributed by atoms with Crippen LogP contribution in [0.2, 0.25) is 0 Å². The van der Waals surface area contributed by atoms with Crippen LogP contribution in [-0.2, 0) is 13.0 Å². The maximum atomic E-state index is 11.3. The largest absolute Gasteiger partial charge is 0.364 e. The summed E-state index contributed by atoms with van der Waals surface area (Å²) in [4.78, 5) is 31.7. The number of rotatable bonds is 4. The molecule has 3 N–H and O–H groups in total. The molecule has 0 unspecified atom stereocenters. The van der Waals surface area contributed by atoms with Crippen molar-refractivity contribution in [3.05, 3.63) is 43.0 Å². The van der Waals surface area contributed by atoms with E-state index in [1.165, 1.54) is 6.07 Å². The molecule has 0 fully saturated rings. The van der Waals surface area contributed by atoms with E-state index < -0.39 is 0 Å². The van der Waals surface area contributed by atoms with Crippen LogP contribution in [0.4, 0.5) is 5.82 Å². The molecule has 0 atom stereocenters. The highest BCUT2D eigenvalue weighted by Crippen LogP contribution is 2.03. The van der Waals surface area contributed by atoms with Crippen molar-refractivity contribution >= 4 is 17.2 Å². The second-order valence-electron chi connectivity index (χ2n) is 3.46. The normalized spacial score (nSPS) is 10.4. The van der Waals surface area contributed by atoms with Gasteiger partial charge >= 0.3 is 4.87 Å². The molecule has 0 spiro atoms. The number of nitrogens with zero attached hydrogens (tertiary/aromatic N) is 1. The van der Waals surface area contributed by atoms with Crippen molar-refractivity contribution < 1.29 is 0 Å². The molecule has 7 heteroatoms. The van der Waals surface area contributed by atoms with Crippen LogP contribution in [0.15, 0.2) is 21.0 Å². The van der Waals surface area contributed by atoms with Crippen molar-refractivity contribution in [3.8, 4) is 0 Å². The van der Waals surface area contributed by atoms with Crippen LogP contribution in [0, 0.1) is 0 Å². The number of aromatic nitrogens is 3. The fourth-order valence-electron chi connectivity index (χ4n) is 1.35. The molecule has 2 heterocycles. The van der Waals surface area contributed by atoms with Crippen LogP contribution in [-0.4, -0.2) is 15.0 Å². The van der Waals surface area contributed by atoms with Gasteiger partial charge in [0.25, 0.3) is 5.56 Å². The first-order valence-electron chi connectivity index (χ1n) is 5.18. The van der Waals surface area contributed by atoms with Crippen LogP contribution in [0.25, 0.3) is 0 Å². The summed E-state index contributed by atoms with van der Waals surface area (Å²) in [6.45, 7) is 2.36. The molecule has 0 bridgehead atoms. The second-order valence-corrected chi connectivity index (χ2v) is 4.30. The Kier molecular flexibility index (Phi) is 3.38. The zero-order chi connectivity index (χ0) is 12.3. The molecule has 90 valence electrons. The molecule has 0 amide bonds. The lowest BCUT2D eigenvalue weighted by molar-refractivity contribution is 0.911. The zero-order valence-corrected chi connectivity index (χ0v) is 10.1. The summed E-state index contributed by atoms with van der Waals surface area (Å²) in [5.41, 5.74) is 0.596. The molecule has 2 aromatic heterocycles. The minimum absolute atomic E-state index is 0.0880. The van der Waals surface area contributed by atoms with E-state index in [1.54, 1.807) is 5.38 Å². The molecular formula is C10H12N4O2S. The number of aromatic amines is 2. The minimum atomic E-state index is -0.182. The Morgan fingerprint density at radius 3 is 2.88 bits per heavy atom. The van der Waals surface area contributed by atoms with Gasteiger partial charge < -0.3 is 15.3 Å². The van der Waals surface area contributed by atoms with E-state index in [4.69, 9.17) is 0 Å². The Bertz CT molecular complexity index is 613. The highest BCUT2D eigenvalue weighted by atomic mass is 32.1. The van der Waals surface area contributed by atoms with E-state index in [1.807, 2.05) is 6.92 Å². The van der Waals surface area contributed by atoms with Crippen molar-refractivity contribution in [1.29, 1.82) is 0 Å². The van der Waals surface area contributed by atoms with E-state index >= 15 is 0 Å². The summed E-state index contributed by atoms with van der Waals surface area (Å²) >= 11 is 1.11. The van der Waals surface area contributed by atoms with Crippen molar-refractivity contribution in [2.45, 2.75) is 19.9 Å². The highest BCUT2D eigenvalue weighted by Gasteiger charge is 2.01. The lowest BCUT2D eigenvalue weighted by Crippen LogP contribution is -2.13. The molecule has 2 aromatic rings. The lowest BCUT2D eigenvalue weighted by Gasteiger charge is -2.04. The summed E-state index contributed by atoms with van der Waals surface area (Å²) in [5.74, 6) is 1.15.